The van der Waals surface area contributed by atoms with Gasteiger partial charge in [-0.25, -0.2) is 9.13 Å². The molecule has 2 heterocycles. The molecule has 0 aliphatic rings. The standard InChI is InChI=1S/C22H32N4O16P2/c1-11-19(31)15(13(5-23-11)21(33)41-43(35,36)37)7-25(9-17(27)28)3-4-26(10-18(29)30)8-16-14(6-24-12(2)20(16)32)22(34)42-44(38,39)40/h5-6,21-22,31-34H,3-4,7-10H2,1-2H3,(H,27,28)(H,29,30)(H2,35,36,37)(H2,38,39,40). The Morgan fingerprint density at radius 2 is 1.07 bits per heavy atom. The van der Waals surface area contributed by atoms with E-state index in [0.717, 1.165) is 12.4 Å². The normalized spacial score (nSPS) is 13.8. The van der Waals surface area contributed by atoms with Crippen LogP contribution in [0, 0.1) is 13.8 Å². The maximum atomic E-state index is 11.6. The van der Waals surface area contributed by atoms with Crippen LogP contribution in [0.4, 0.5) is 0 Å². The zero-order chi connectivity index (χ0) is 33.6. The van der Waals surface area contributed by atoms with Gasteiger partial charge in [-0.1, -0.05) is 0 Å². The Morgan fingerprint density at radius 1 is 0.750 bits per heavy atom. The van der Waals surface area contributed by atoms with E-state index in [1.54, 1.807) is 0 Å². The molecule has 0 saturated heterocycles. The van der Waals surface area contributed by atoms with Crippen molar-refractivity contribution in [3.8, 4) is 11.5 Å². The fourth-order valence-corrected chi connectivity index (χ4v) is 4.74. The molecule has 0 fully saturated rings. The molecule has 2 aromatic heterocycles. The van der Waals surface area contributed by atoms with Crippen LogP contribution in [0.5, 0.6) is 11.5 Å². The fraction of sp³-hybridized carbons (Fsp3) is 0.455. The molecule has 0 aliphatic heterocycles. The van der Waals surface area contributed by atoms with Crippen molar-refractivity contribution in [1.82, 2.24) is 19.8 Å². The van der Waals surface area contributed by atoms with Gasteiger partial charge in [0.15, 0.2) is 12.6 Å². The molecule has 0 amide bonds. The third kappa shape index (κ3) is 11.4. The second kappa shape index (κ2) is 15.3. The molecule has 2 rings (SSSR count). The summed E-state index contributed by atoms with van der Waals surface area (Å²) in [6, 6.07) is 0. The van der Waals surface area contributed by atoms with E-state index in [0.29, 0.717) is 0 Å². The van der Waals surface area contributed by atoms with Gasteiger partial charge in [0.25, 0.3) is 0 Å². The van der Waals surface area contributed by atoms with Crippen molar-refractivity contribution < 1.29 is 78.0 Å². The lowest BCUT2D eigenvalue weighted by atomic mass is 10.1. The number of phosphoric ester groups is 2. The van der Waals surface area contributed by atoms with E-state index in [1.165, 1.54) is 23.6 Å². The summed E-state index contributed by atoms with van der Waals surface area (Å²) in [6.45, 7) is -0.181. The van der Waals surface area contributed by atoms with Gasteiger partial charge in [0, 0.05) is 60.8 Å². The molecule has 20 nitrogen and oxygen atoms in total. The zero-order valence-corrected chi connectivity index (χ0v) is 24.9. The molecular formula is C22H32N4O16P2. The number of carboxylic acids is 2. The first-order valence-electron chi connectivity index (χ1n) is 12.3. The summed E-state index contributed by atoms with van der Waals surface area (Å²) in [5.41, 5.74) is -1.16. The SMILES string of the molecule is Cc1ncc(C(O)OP(=O)(O)O)c(CN(CCN(CC(=O)O)Cc2c(C(O)OP(=O)(O)O)cnc(C)c2O)CC(=O)O)c1O. The van der Waals surface area contributed by atoms with Gasteiger partial charge >= 0.3 is 27.6 Å². The van der Waals surface area contributed by atoms with Crippen LogP contribution in [0.3, 0.4) is 0 Å². The lowest BCUT2D eigenvalue weighted by molar-refractivity contribution is -0.140. The maximum absolute atomic E-state index is 11.6. The fourth-order valence-electron chi connectivity index (χ4n) is 3.99. The number of aromatic nitrogens is 2. The Morgan fingerprint density at radius 3 is 1.34 bits per heavy atom. The second-order valence-electron chi connectivity index (χ2n) is 9.36. The van der Waals surface area contributed by atoms with Crippen molar-refractivity contribution in [2.75, 3.05) is 26.2 Å². The summed E-state index contributed by atoms with van der Waals surface area (Å²) in [5, 5.41) is 60.6. The summed E-state index contributed by atoms with van der Waals surface area (Å²) >= 11 is 0. The van der Waals surface area contributed by atoms with E-state index >= 15 is 0 Å². The molecule has 0 saturated carbocycles. The van der Waals surface area contributed by atoms with E-state index in [9.17, 15) is 49.4 Å². The van der Waals surface area contributed by atoms with Gasteiger partial charge in [0.2, 0.25) is 0 Å². The number of aryl methyl sites for hydroxylation is 2. The van der Waals surface area contributed by atoms with Crippen molar-refractivity contribution in [3.05, 3.63) is 46.0 Å². The third-order valence-electron chi connectivity index (χ3n) is 5.97. The van der Waals surface area contributed by atoms with Gasteiger partial charge in [0.05, 0.1) is 24.5 Å². The van der Waals surface area contributed by atoms with Crippen LogP contribution >= 0.6 is 15.6 Å². The second-order valence-corrected chi connectivity index (χ2v) is 11.7. The van der Waals surface area contributed by atoms with Crippen LogP contribution in [-0.4, -0.2) is 108 Å². The van der Waals surface area contributed by atoms with Gasteiger partial charge < -0.3 is 50.2 Å². The number of carbonyl (C=O) groups is 2. The number of nitrogens with zero attached hydrogens (tertiary/aromatic N) is 4. The van der Waals surface area contributed by atoms with Crippen molar-refractivity contribution >= 4 is 27.6 Å². The Kier molecular flexibility index (Phi) is 12.9. The predicted octanol–water partition coefficient (Wildman–Crippen LogP) is -0.822. The lowest BCUT2D eigenvalue weighted by Crippen LogP contribution is -2.39. The molecule has 2 atom stereocenters. The summed E-state index contributed by atoms with van der Waals surface area (Å²) < 4.78 is 31.0. The molecule has 10 N–H and O–H groups in total. The third-order valence-corrected chi connectivity index (χ3v) is 6.92. The molecule has 246 valence electrons. The Balaban J connectivity index is 2.43. The number of aliphatic carboxylic acids is 2. The molecule has 0 spiro atoms. The van der Waals surface area contributed by atoms with E-state index in [-0.39, 0.29) is 35.6 Å². The van der Waals surface area contributed by atoms with Crippen LogP contribution in [0.1, 0.15) is 46.2 Å². The molecule has 22 heteroatoms. The number of carboxylic acid groups (broad SMARTS) is 2. The molecule has 0 aliphatic carbocycles. The monoisotopic (exact) mass is 670 g/mol. The quantitative estimate of drug-likeness (QED) is 0.0725. The van der Waals surface area contributed by atoms with Gasteiger partial charge in [-0.15, -0.1) is 0 Å². The zero-order valence-electron chi connectivity index (χ0n) is 23.2. The number of aromatic hydroxyl groups is 2. The van der Waals surface area contributed by atoms with Crippen LogP contribution in [0.2, 0.25) is 0 Å². The summed E-state index contributed by atoms with van der Waals surface area (Å²) in [7, 11) is -10.4. The van der Waals surface area contributed by atoms with E-state index < -0.39 is 89.0 Å². The number of aliphatic hydroxyl groups excluding tert-OH is 2. The Labute approximate surface area is 248 Å². The maximum Gasteiger partial charge on any atom is 0.472 e. The van der Waals surface area contributed by atoms with E-state index in [2.05, 4.69) is 19.0 Å². The highest BCUT2D eigenvalue weighted by molar-refractivity contribution is 7.46. The van der Waals surface area contributed by atoms with Gasteiger partial charge in [-0.05, 0) is 13.8 Å². The van der Waals surface area contributed by atoms with Crippen LogP contribution in [0.15, 0.2) is 12.4 Å². The number of hydrogen-bond donors (Lipinski definition) is 10. The van der Waals surface area contributed by atoms with Crippen molar-refractivity contribution in [3.63, 3.8) is 0 Å². The molecule has 0 aromatic carbocycles. The minimum absolute atomic E-state index is 0.0158. The van der Waals surface area contributed by atoms with Crippen LogP contribution < -0.4 is 0 Å². The minimum Gasteiger partial charge on any atom is -0.506 e. The van der Waals surface area contributed by atoms with Gasteiger partial charge in [-0.2, -0.15) is 0 Å². The number of rotatable bonds is 17. The van der Waals surface area contributed by atoms with Crippen molar-refractivity contribution in [2.45, 2.75) is 39.5 Å². The van der Waals surface area contributed by atoms with Crippen molar-refractivity contribution in [1.29, 1.82) is 0 Å². The van der Waals surface area contributed by atoms with Crippen LogP contribution in [0.25, 0.3) is 0 Å². The summed E-state index contributed by atoms with van der Waals surface area (Å²) in [6.07, 6.45) is -2.64. The topological polar surface area (TPSA) is 321 Å². The largest absolute Gasteiger partial charge is 0.506 e. The molecule has 0 bridgehead atoms. The number of aliphatic hydroxyl groups is 2. The Hall–Kier alpha value is -3.10. The summed E-state index contributed by atoms with van der Waals surface area (Å²) in [5.74, 6) is -3.82. The first kappa shape index (κ1) is 37.1. The molecule has 2 aromatic rings. The van der Waals surface area contributed by atoms with E-state index in [1.807, 2.05) is 0 Å². The number of pyridine rings is 2. The number of phosphoric acid groups is 2. The summed E-state index contributed by atoms with van der Waals surface area (Å²) in [4.78, 5) is 69.5. The first-order valence-corrected chi connectivity index (χ1v) is 15.3. The number of hydrogen-bond acceptors (Lipinski definition) is 14. The molecule has 44 heavy (non-hydrogen) atoms. The average Bonchev–Trinajstić information content (AvgIpc) is 2.85. The highest BCUT2D eigenvalue weighted by atomic mass is 31.2. The Bertz CT molecular complexity index is 1340. The highest BCUT2D eigenvalue weighted by Crippen LogP contribution is 2.44. The first-order chi connectivity index (χ1) is 20.2. The molecule has 2 unspecified atom stereocenters. The lowest BCUT2D eigenvalue weighted by Gasteiger charge is -2.28. The molecule has 0 radical (unpaired) electrons. The minimum atomic E-state index is -5.22. The van der Waals surface area contributed by atoms with Crippen LogP contribution in [-0.2, 0) is 40.9 Å². The van der Waals surface area contributed by atoms with Crippen molar-refractivity contribution in [2.24, 2.45) is 0 Å². The molecular weight excluding hydrogens is 638 g/mol. The average molecular weight is 670 g/mol. The van der Waals surface area contributed by atoms with Gasteiger partial charge in [0.1, 0.15) is 11.5 Å². The predicted molar refractivity (Wildman–Crippen MR) is 143 cm³/mol. The van der Waals surface area contributed by atoms with E-state index in [4.69, 9.17) is 19.6 Å². The smallest absolute Gasteiger partial charge is 0.472 e. The highest BCUT2D eigenvalue weighted by Gasteiger charge is 2.29. The van der Waals surface area contributed by atoms with Gasteiger partial charge in [-0.3, -0.25) is 38.4 Å².